The molecule has 2 aromatic rings. The number of hydrogen-bond acceptors (Lipinski definition) is 3. The first-order valence-corrected chi connectivity index (χ1v) is 10.0. The molecule has 144 valence electrons. The first kappa shape index (κ1) is 18.2. The largest absolute Gasteiger partial charge is 0.396 e. The molecule has 3 atom stereocenters. The second-order valence-electron chi connectivity index (χ2n) is 8.32. The van der Waals surface area contributed by atoms with Crippen molar-refractivity contribution in [3.8, 4) is 0 Å². The lowest BCUT2D eigenvalue weighted by Crippen LogP contribution is -2.42. The zero-order valence-electron chi connectivity index (χ0n) is 16.5. The normalized spacial score (nSPS) is 26.7. The molecule has 2 saturated heterocycles. The highest BCUT2D eigenvalue weighted by atomic mass is 16.3. The highest BCUT2D eigenvalue weighted by Gasteiger charge is 2.56. The Balaban J connectivity index is 1.57. The number of amides is 1. The molecule has 5 nitrogen and oxygen atoms in total. The number of aromatic nitrogens is 2. The molecule has 5 heteroatoms. The predicted molar refractivity (Wildman–Crippen MR) is 105 cm³/mol. The molecule has 3 heterocycles. The van der Waals surface area contributed by atoms with E-state index in [0.717, 1.165) is 48.2 Å². The molecule has 0 radical (unpaired) electrons. The summed E-state index contributed by atoms with van der Waals surface area (Å²) in [7, 11) is 0. The molecule has 1 aromatic heterocycles. The molecule has 0 spiro atoms. The minimum atomic E-state index is -0.111. The van der Waals surface area contributed by atoms with Crippen LogP contribution in [0, 0.1) is 19.3 Å². The van der Waals surface area contributed by atoms with Gasteiger partial charge in [0.05, 0.1) is 18.8 Å². The maximum absolute atomic E-state index is 13.3. The van der Waals surface area contributed by atoms with Crippen LogP contribution in [0.4, 0.5) is 0 Å². The van der Waals surface area contributed by atoms with E-state index in [1.165, 1.54) is 0 Å². The molecule has 2 aliphatic heterocycles. The van der Waals surface area contributed by atoms with Crippen LogP contribution in [-0.4, -0.2) is 44.4 Å². The van der Waals surface area contributed by atoms with Gasteiger partial charge in [-0.2, -0.15) is 5.10 Å². The van der Waals surface area contributed by atoms with E-state index in [0.29, 0.717) is 6.54 Å². The van der Waals surface area contributed by atoms with Gasteiger partial charge in [0.25, 0.3) is 5.91 Å². The van der Waals surface area contributed by atoms with Gasteiger partial charge in [-0.1, -0.05) is 19.1 Å². The number of carbonyl (C=O) groups is 1. The van der Waals surface area contributed by atoms with E-state index in [1.807, 2.05) is 29.8 Å². The molecule has 1 N–H and O–H groups in total. The van der Waals surface area contributed by atoms with Crippen LogP contribution in [0.3, 0.4) is 0 Å². The lowest BCUT2D eigenvalue weighted by atomic mass is 9.72. The van der Waals surface area contributed by atoms with Crippen molar-refractivity contribution in [2.75, 3.05) is 6.61 Å². The van der Waals surface area contributed by atoms with Crippen LogP contribution in [0.5, 0.6) is 0 Å². The second-order valence-corrected chi connectivity index (χ2v) is 8.32. The molecule has 0 aliphatic carbocycles. The average Bonchev–Trinajstić information content (AvgIpc) is 3.32. The predicted octanol–water partition coefficient (Wildman–Crippen LogP) is 3.31. The summed E-state index contributed by atoms with van der Waals surface area (Å²) in [6.45, 7) is 7.02. The lowest BCUT2D eigenvalue weighted by Gasteiger charge is -2.34. The summed E-state index contributed by atoms with van der Waals surface area (Å²) in [5.41, 5.74) is 3.85. The standard InChI is InChI=1S/C22H29N3O2/c1-4-22(14-26)12-19-8-9-20(22)25(19)21(27)18-7-5-6-17(11-18)13-24-16(3)10-15(2)23-24/h5-7,10-11,19-20,26H,4,8-9,12-14H2,1-3H3/t19-,20+,22-/m0/s1. The molecule has 0 saturated carbocycles. The Labute approximate surface area is 161 Å². The van der Waals surface area contributed by atoms with Gasteiger partial charge in [0.2, 0.25) is 0 Å². The van der Waals surface area contributed by atoms with E-state index in [4.69, 9.17) is 0 Å². The third kappa shape index (κ3) is 2.98. The lowest BCUT2D eigenvalue weighted by molar-refractivity contribution is 0.0557. The summed E-state index contributed by atoms with van der Waals surface area (Å²) in [6.07, 6.45) is 3.92. The van der Waals surface area contributed by atoms with E-state index in [9.17, 15) is 9.90 Å². The first-order valence-electron chi connectivity index (χ1n) is 10.0. The molecule has 0 unspecified atom stereocenters. The number of nitrogens with zero attached hydrogens (tertiary/aromatic N) is 3. The summed E-state index contributed by atoms with van der Waals surface area (Å²) in [6, 6.07) is 10.4. The Bertz CT molecular complexity index is 853. The summed E-state index contributed by atoms with van der Waals surface area (Å²) in [5, 5.41) is 14.5. The first-order chi connectivity index (χ1) is 13.0. The van der Waals surface area contributed by atoms with Crippen molar-refractivity contribution >= 4 is 5.91 Å². The number of rotatable bonds is 5. The Kier molecular flexibility index (Phi) is 4.58. The Morgan fingerprint density at radius 2 is 2.11 bits per heavy atom. The quantitative estimate of drug-likeness (QED) is 0.882. The number of aryl methyl sites for hydroxylation is 2. The fourth-order valence-corrected chi connectivity index (χ4v) is 5.22. The van der Waals surface area contributed by atoms with E-state index in [1.54, 1.807) is 0 Å². The molecule has 27 heavy (non-hydrogen) atoms. The third-order valence-corrected chi connectivity index (χ3v) is 6.71. The number of benzene rings is 1. The fraction of sp³-hybridized carbons (Fsp3) is 0.545. The molecular weight excluding hydrogens is 338 g/mol. The summed E-state index contributed by atoms with van der Waals surface area (Å²) >= 11 is 0. The Morgan fingerprint density at radius 1 is 1.30 bits per heavy atom. The van der Waals surface area contributed by atoms with Crippen molar-refractivity contribution in [2.24, 2.45) is 5.41 Å². The van der Waals surface area contributed by atoms with Crippen LogP contribution in [0.25, 0.3) is 0 Å². The molecular formula is C22H29N3O2. The van der Waals surface area contributed by atoms with Crippen LogP contribution < -0.4 is 0 Å². The smallest absolute Gasteiger partial charge is 0.254 e. The van der Waals surface area contributed by atoms with Gasteiger partial charge in [-0.05, 0) is 63.3 Å². The SMILES string of the molecule is CC[C@@]1(CO)C[C@@H]2CC[C@H]1N2C(=O)c1cccc(Cn2nc(C)cc2C)c1. The van der Waals surface area contributed by atoms with E-state index >= 15 is 0 Å². The average molecular weight is 367 g/mol. The summed E-state index contributed by atoms with van der Waals surface area (Å²) < 4.78 is 1.98. The summed E-state index contributed by atoms with van der Waals surface area (Å²) in [4.78, 5) is 15.4. The van der Waals surface area contributed by atoms with Crippen molar-refractivity contribution in [3.63, 3.8) is 0 Å². The summed E-state index contributed by atoms with van der Waals surface area (Å²) in [5.74, 6) is 0.112. The van der Waals surface area contributed by atoms with Crippen LogP contribution in [0.1, 0.15) is 59.9 Å². The van der Waals surface area contributed by atoms with Gasteiger partial charge in [0.15, 0.2) is 0 Å². The molecule has 2 bridgehead atoms. The number of aliphatic hydroxyl groups excluding tert-OH is 1. The maximum atomic E-state index is 13.3. The minimum Gasteiger partial charge on any atom is -0.396 e. The molecule has 2 fully saturated rings. The maximum Gasteiger partial charge on any atom is 0.254 e. The monoisotopic (exact) mass is 367 g/mol. The molecule has 4 rings (SSSR count). The van der Waals surface area contributed by atoms with Crippen molar-refractivity contribution in [1.82, 2.24) is 14.7 Å². The number of fused-ring (bicyclic) bond motifs is 2. The van der Waals surface area contributed by atoms with Gasteiger partial charge in [-0.3, -0.25) is 9.48 Å². The van der Waals surface area contributed by atoms with Gasteiger partial charge in [0.1, 0.15) is 0 Å². The second kappa shape index (κ2) is 6.79. The van der Waals surface area contributed by atoms with Crippen LogP contribution in [-0.2, 0) is 6.54 Å². The fourth-order valence-electron chi connectivity index (χ4n) is 5.22. The molecule has 1 aromatic carbocycles. The minimum absolute atomic E-state index is 0.111. The van der Waals surface area contributed by atoms with Crippen LogP contribution in [0.2, 0.25) is 0 Å². The Hall–Kier alpha value is -2.14. The number of carbonyl (C=O) groups excluding carboxylic acids is 1. The zero-order chi connectivity index (χ0) is 19.2. The highest BCUT2D eigenvalue weighted by molar-refractivity contribution is 5.95. The van der Waals surface area contributed by atoms with E-state index < -0.39 is 0 Å². The van der Waals surface area contributed by atoms with Crippen LogP contribution in [0.15, 0.2) is 30.3 Å². The van der Waals surface area contributed by atoms with Gasteiger partial charge >= 0.3 is 0 Å². The number of aliphatic hydroxyl groups is 1. The highest BCUT2D eigenvalue weighted by Crippen LogP contribution is 2.51. The van der Waals surface area contributed by atoms with Gasteiger partial charge in [-0.15, -0.1) is 0 Å². The van der Waals surface area contributed by atoms with Gasteiger partial charge in [-0.25, -0.2) is 0 Å². The van der Waals surface area contributed by atoms with E-state index in [-0.39, 0.29) is 30.0 Å². The van der Waals surface area contributed by atoms with E-state index in [2.05, 4.69) is 36.0 Å². The van der Waals surface area contributed by atoms with Gasteiger partial charge in [0, 0.05) is 28.8 Å². The van der Waals surface area contributed by atoms with Gasteiger partial charge < -0.3 is 10.0 Å². The van der Waals surface area contributed by atoms with Crippen molar-refractivity contribution in [2.45, 2.75) is 65.1 Å². The molecule has 1 amide bonds. The number of hydrogen-bond donors (Lipinski definition) is 1. The Morgan fingerprint density at radius 3 is 2.74 bits per heavy atom. The topological polar surface area (TPSA) is 58.4 Å². The molecule has 2 aliphatic rings. The van der Waals surface area contributed by atoms with Crippen molar-refractivity contribution in [1.29, 1.82) is 0 Å². The van der Waals surface area contributed by atoms with Crippen molar-refractivity contribution in [3.05, 3.63) is 52.8 Å². The zero-order valence-corrected chi connectivity index (χ0v) is 16.5. The third-order valence-electron chi connectivity index (χ3n) is 6.71. The van der Waals surface area contributed by atoms with Crippen molar-refractivity contribution < 1.29 is 9.90 Å². The van der Waals surface area contributed by atoms with Crippen LogP contribution >= 0.6 is 0 Å².